The van der Waals surface area contributed by atoms with Gasteiger partial charge in [0.1, 0.15) is 6.10 Å². The summed E-state index contributed by atoms with van der Waals surface area (Å²) in [5.74, 6) is 0.832. The molecule has 3 aromatic rings. The number of imidazole rings is 1. The minimum atomic E-state index is -0.116. The monoisotopic (exact) mass is 393 g/mol. The number of carbonyl (C=O) groups is 1. The Labute approximate surface area is 169 Å². The first-order chi connectivity index (χ1) is 14.2. The van der Waals surface area contributed by atoms with Gasteiger partial charge in [0.2, 0.25) is 11.8 Å². The second kappa shape index (κ2) is 8.72. The lowest BCUT2D eigenvalue weighted by atomic mass is 10.1. The van der Waals surface area contributed by atoms with Crippen molar-refractivity contribution in [2.24, 2.45) is 0 Å². The van der Waals surface area contributed by atoms with E-state index >= 15 is 0 Å². The number of hydrogen-bond acceptors (Lipinski definition) is 6. The summed E-state index contributed by atoms with van der Waals surface area (Å²) < 4.78 is 13.0. The number of rotatable bonds is 6. The third-order valence-electron chi connectivity index (χ3n) is 4.88. The van der Waals surface area contributed by atoms with Crippen LogP contribution in [-0.2, 0) is 6.54 Å². The van der Waals surface area contributed by atoms with Crippen molar-refractivity contribution in [2.75, 3.05) is 20.2 Å². The molecule has 2 aromatic heterocycles. The molecule has 1 atom stereocenters. The van der Waals surface area contributed by atoms with E-state index in [0.29, 0.717) is 23.9 Å². The predicted molar refractivity (Wildman–Crippen MR) is 106 cm³/mol. The number of nitrogens with zero attached hydrogens (tertiary/aromatic N) is 5. The molecule has 1 aromatic carbocycles. The van der Waals surface area contributed by atoms with Crippen molar-refractivity contribution in [3.63, 3.8) is 0 Å². The Kier molecular flexibility index (Phi) is 5.69. The molecule has 0 saturated carbocycles. The van der Waals surface area contributed by atoms with E-state index < -0.39 is 0 Å². The first-order valence-corrected chi connectivity index (χ1v) is 9.58. The van der Waals surface area contributed by atoms with Crippen LogP contribution in [0.5, 0.6) is 11.8 Å². The van der Waals surface area contributed by atoms with E-state index in [4.69, 9.17) is 9.47 Å². The average Bonchev–Trinajstić information content (AvgIpc) is 3.27. The van der Waals surface area contributed by atoms with Crippen molar-refractivity contribution < 1.29 is 14.3 Å². The maximum atomic E-state index is 12.9. The first-order valence-electron chi connectivity index (χ1n) is 9.58. The lowest BCUT2D eigenvalue weighted by Crippen LogP contribution is -2.44. The van der Waals surface area contributed by atoms with Crippen LogP contribution in [0.3, 0.4) is 0 Å². The van der Waals surface area contributed by atoms with E-state index in [-0.39, 0.29) is 12.0 Å². The highest BCUT2D eigenvalue weighted by Crippen LogP contribution is 2.20. The predicted octanol–water partition coefficient (Wildman–Crippen LogP) is 2.41. The molecule has 1 aliphatic rings. The number of methoxy groups -OCH3 is 1. The molecule has 1 unspecified atom stereocenters. The molecule has 1 saturated heterocycles. The number of ether oxygens (including phenoxy) is 2. The highest BCUT2D eigenvalue weighted by molar-refractivity contribution is 5.94. The SMILES string of the molecule is COc1cncc(OC2CCCN(C(=O)c3ccc(Cn4ccnc4)cc3)C2)n1. The fourth-order valence-corrected chi connectivity index (χ4v) is 3.40. The van der Waals surface area contributed by atoms with Crippen molar-refractivity contribution in [2.45, 2.75) is 25.5 Å². The Morgan fingerprint density at radius 2 is 2.00 bits per heavy atom. The summed E-state index contributed by atoms with van der Waals surface area (Å²) >= 11 is 0. The lowest BCUT2D eigenvalue weighted by molar-refractivity contribution is 0.0525. The van der Waals surface area contributed by atoms with E-state index in [0.717, 1.165) is 31.5 Å². The van der Waals surface area contributed by atoms with Crippen LogP contribution in [-0.4, -0.2) is 56.6 Å². The summed E-state index contributed by atoms with van der Waals surface area (Å²) in [7, 11) is 1.54. The summed E-state index contributed by atoms with van der Waals surface area (Å²) in [6, 6.07) is 7.73. The highest BCUT2D eigenvalue weighted by Gasteiger charge is 2.26. The van der Waals surface area contributed by atoms with Gasteiger partial charge in [-0.1, -0.05) is 12.1 Å². The first kappa shape index (κ1) is 18.9. The van der Waals surface area contributed by atoms with Crippen LogP contribution in [0.25, 0.3) is 0 Å². The summed E-state index contributed by atoms with van der Waals surface area (Å²) in [6.45, 7) is 1.98. The number of amides is 1. The molecule has 1 aliphatic heterocycles. The van der Waals surface area contributed by atoms with Crippen LogP contribution in [0, 0.1) is 0 Å². The zero-order valence-electron chi connectivity index (χ0n) is 16.3. The van der Waals surface area contributed by atoms with Gasteiger partial charge < -0.3 is 18.9 Å². The fourth-order valence-electron chi connectivity index (χ4n) is 3.40. The zero-order valence-corrected chi connectivity index (χ0v) is 16.3. The number of piperidine rings is 1. The molecule has 150 valence electrons. The maximum Gasteiger partial charge on any atom is 0.253 e. The summed E-state index contributed by atoms with van der Waals surface area (Å²) in [6.07, 6.45) is 10.2. The van der Waals surface area contributed by atoms with Crippen LogP contribution in [0.1, 0.15) is 28.8 Å². The van der Waals surface area contributed by atoms with Gasteiger partial charge in [0.05, 0.1) is 32.4 Å². The highest BCUT2D eigenvalue weighted by atomic mass is 16.5. The molecule has 0 bridgehead atoms. The molecule has 4 rings (SSSR count). The number of carbonyl (C=O) groups excluding carboxylic acids is 1. The average molecular weight is 393 g/mol. The minimum Gasteiger partial charge on any atom is -0.480 e. The Balaban J connectivity index is 1.37. The van der Waals surface area contributed by atoms with Crippen LogP contribution >= 0.6 is 0 Å². The molecule has 0 spiro atoms. The van der Waals surface area contributed by atoms with Gasteiger partial charge in [0.25, 0.3) is 5.91 Å². The van der Waals surface area contributed by atoms with Gasteiger partial charge in [-0.25, -0.2) is 4.98 Å². The Morgan fingerprint density at radius 1 is 1.17 bits per heavy atom. The fraction of sp³-hybridized carbons (Fsp3) is 0.333. The Morgan fingerprint density at radius 3 is 2.76 bits per heavy atom. The van der Waals surface area contributed by atoms with Gasteiger partial charge in [-0.3, -0.25) is 9.78 Å². The van der Waals surface area contributed by atoms with E-state index in [1.165, 1.54) is 13.3 Å². The van der Waals surface area contributed by atoms with E-state index in [1.54, 1.807) is 18.7 Å². The second-order valence-electron chi connectivity index (χ2n) is 6.96. The second-order valence-corrected chi connectivity index (χ2v) is 6.96. The molecule has 1 fully saturated rings. The smallest absolute Gasteiger partial charge is 0.253 e. The number of likely N-dealkylation sites (tertiary alicyclic amines) is 1. The van der Waals surface area contributed by atoms with Crippen LogP contribution < -0.4 is 9.47 Å². The normalized spacial score (nSPS) is 16.4. The number of aromatic nitrogens is 4. The van der Waals surface area contributed by atoms with Crippen molar-refractivity contribution in [3.8, 4) is 11.8 Å². The topological polar surface area (TPSA) is 82.4 Å². The zero-order chi connectivity index (χ0) is 20.1. The lowest BCUT2D eigenvalue weighted by Gasteiger charge is -2.32. The van der Waals surface area contributed by atoms with Gasteiger partial charge in [-0.2, -0.15) is 4.98 Å². The summed E-state index contributed by atoms with van der Waals surface area (Å²) in [5.41, 5.74) is 1.80. The van der Waals surface area contributed by atoms with E-state index in [9.17, 15) is 4.79 Å². The van der Waals surface area contributed by atoms with Crippen molar-refractivity contribution in [3.05, 3.63) is 66.5 Å². The third kappa shape index (κ3) is 4.71. The third-order valence-corrected chi connectivity index (χ3v) is 4.88. The molecule has 8 nitrogen and oxygen atoms in total. The molecular formula is C21H23N5O3. The standard InChI is InChI=1S/C21H23N5O3/c1-28-19-11-23-12-20(24-19)29-18-3-2-9-26(14-18)21(27)17-6-4-16(5-7-17)13-25-10-8-22-15-25/h4-8,10-12,15,18H,2-3,9,13-14H2,1H3. The number of benzene rings is 1. The minimum absolute atomic E-state index is 0.0178. The van der Waals surface area contributed by atoms with Crippen molar-refractivity contribution in [1.82, 2.24) is 24.4 Å². The van der Waals surface area contributed by atoms with Crippen LogP contribution in [0.15, 0.2) is 55.4 Å². The molecule has 3 heterocycles. The Hall–Kier alpha value is -3.42. The van der Waals surface area contributed by atoms with Crippen LogP contribution in [0.2, 0.25) is 0 Å². The van der Waals surface area contributed by atoms with Crippen LogP contribution in [0.4, 0.5) is 0 Å². The van der Waals surface area contributed by atoms with E-state index in [2.05, 4.69) is 15.0 Å². The van der Waals surface area contributed by atoms with Crippen molar-refractivity contribution >= 4 is 5.91 Å². The van der Waals surface area contributed by atoms with Crippen molar-refractivity contribution in [1.29, 1.82) is 0 Å². The van der Waals surface area contributed by atoms with Gasteiger partial charge in [-0.15, -0.1) is 0 Å². The molecule has 0 N–H and O–H groups in total. The molecule has 0 aliphatic carbocycles. The largest absolute Gasteiger partial charge is 0.480 e. The maximum absolute atomic E-state index is 12.9. The van der Waals surface area contributed by atoms with Gasteiger partial charge in [-0.05, 0) is 30.5 Å². The molecule has 1 amide bonds. The van der Waals surface area contributed by atoms with Gasteiger partial charge in [0, 0.05) is 31.0 Å². The van der Waals surface area contributed by atoms with Gasteiger partial charge >= 0.3 is 0 Å². The molecule has 0 radical (unpaired) electrons. The number of hydrogen-bond donors (Lipinski definition) is 0. The molecule has 29 heavy (non-hydrogen) atoms. The van der Waals surface area contributed by atoms with Gasteiger partial charge in [0.15, 0.2) is 0 Å². The molecular weight excluding hydrogens is 370 g/mol. The summed E-state index contributed by atoms with van der Waals surface area (Å²) in [5, 5.41) is 0. The Bertz CT molecular complexity index is 943. The quantitative estimate of drug-likeness (QED) is 0.640. The van der Waals surface area contributed by atoms with E-state index in [1.807, 2.05) is 39.9 Å². The molecule has 8 heteroatoms. The summed E-state index contributed by atoms with van der Waals surface area (Å²) in [4.78, 5) is 27.1.